The molecule has 0 radical (unpaired) electrons. The second kappa shape index (κ2) is 11.3. The summed E-state index contributed by atoms with van der Waals surface area (Å²) in [5.74, 6) is 0.493. The molecule has 0 atom stereocenters. The van der Waals surface area contributed by atoms with E-state index >= 15 is 0 Å². The van der Waals surface area contributed by atoms with Gasteiger partial charge in [-0.3, -0.25) is 14.5 Å². The van der Waals surface area contributed by atoms with Gasteiger partial charge in [0, 0.05) is 0 Å². The average molecular weight is 603 g/mol. The zero-order chi connectivity index (χ0) is 24.9. The molecule has 1 saturated heterocycles. The van der Waals surface area contributed by atoms with Crippen molar-refractivity contribution >= 4 is 51.6 Å². The Hall–Kier alpha value is -2.85. The zero-order valence-corrected chi connectivity index (χ0v) is 22.2. The number of aryl methyl sites for hydroxylation is 1. The van der Waals surface area contributed by atoms with E-state index in [1.54, 1.807) is 24.3 Å². The topological polar surface area (TPSA) is 55.8 Å². The number of imide groups is 1. The maximum atomic E-state index is 13.2. The predicted octanol–water partition coefficient (Wildman–Crippen LogP) is 6.95. The minimum Gasteiger partial charge on any atom is -0.490 e. The molecule has 35 heavy (non-hydrogen) atoms. The van der Waals surface area contributed by atoms with E-state index < -0.39 is 0 Å². The number of benzene rings is 3. The van der Waals surface area contributed by atoms with E-state index in [2.05, 4.69) is 22.6 Å². The maximum absolute atomic E-state index is 13.2. The fourth-order valence-corrected chi connectivity index (χ4v) is 5.18. The van der Waals surface area contributed by atoms with Crippen molar-refractivity contribution < 1.29 is 23.5 Å². The van der Waals surface area contributed by atoms with Gasteiger partial charge in [0.15, 0.2) is 11.5 Å². The van der Waals surface area contributed by atoms with Gasteiger partial charge in [0.1, 0.15) is 12.4 Å². The number of hydrogen-bond donors (Lipinski definition) is 0. The van der Waals surface area contributed by atoms with Gasteiger partial charge in [0.25, 0.3) is 11.1 Å². The molecule has 0 aliphatic carbocycles. The third-order valence-electron chi connectivity index (χ3n) is 5.39. The van der Waals surface area contributed by atoms with Gasteiger partial charge in [0.2, 0.25) is 0 Å². The van der Waals surface area contributed by atoms with Gasteiger partial charge < -0.3 is 9.47 Å². The first kappa shape index (κ1) is 25.2. The van der Waals surface area contributed by atoms with Gasteiger partial charge >= 0.3 is 0 Å². The molecule has 3 aromatic rings. The Morgan fingerprint density at radius 2 is 1.80 bits per heavy atom. The zero-order valence-electron chi connectivity index (χ0n) is 19.2. The van der Waals surface area contributed by atoms with E-state index in [0.29, 0.717) is 23.0 Å². The number of carbonyl (C=O) groups excluding carboxylic acids is 2. The van der Waals surface area contributed by atoms with E-state index in [1.807, 2.05) is 44.2 Å². The minimum absolute atomic E-state index is 0.243. The number of rotatable bonds is 8. The van der Waals surface area contributed by atoms with E-state index in [9.17, 15) is 14.0 Å². The largest absolute Gasteiger partial charge is 0.490 e. The summed E-state index contributed by atoms with van der Waals surface area (Å²) < 4.78 is 25.8. The average Bonchev–Trinajstić information content (AvgIpc) is 3.08. The van der Waals surface area contributed by atoms with Gasteiger partial charge in [-0.15, -0.1) is 0 Å². The molecule has 5 nitrogen and oxygen atoms in total. The smallest absolute Gasteiger partial charge is 0.293 e. The number of carbonyl (C=O) groups is 2. The van der Waals surface area contributed by atoms with Crippen LogP contribution in [0.5, 0.6) is 11.5 Å². The predicted molar refractivity (Wildman–Crippen MR) is 144 cm³/mol. The van der Waals surface area contributed by atoms with Crippen LogP contribution in [0.25, 0.3) is 6.08 Å². The summed E-state index contributed by atoms with van der Waals surface area (Å²) >= 11 is 3.09. The Labute approximate surface area is 221 Å². The monoisotopic (exact) mass is 603 g/mol. The second-order valence-electron chi connectivity index (χ2n) is 7.87. The molecule has 0 aromatic heterocycles. The molecule has 0 unspecified atom stereocenters. The van der Waals surface area contributed by atoms with Crippen molar-refractivity contribution in [3.8, 4) is 11.5 Å². The van der Waals surface area contributed by atoms with Crippen molar-refractivity contribution in [3.05, 3.63) is 97.2 Å². The molecule has 0 spiro atoms. The number of halogens is 2. The Morgan fingerprint density at radius 1 is 1.06 bits per heavy atom. The molecule has 1 aliphatic heterocycles. The summed E-state index contributed by atoms with van der Waals surface area (Å²) in [6.45, 7) is 4.76. The molecule has 0 saturated carbocycles. The molecule has 1 aliphatic rings. The quantitative estimate of drug-likeness (QED) is 0.206. The number of nitrogens with zero attached hydrogens (tertiary/aromatic N) is 1. The van der Waals surface area contributed by atoms with Crippen molar-refractivity contribution in [2.75, 3.05) is 6.61 Å². The van der Waals surface area contributed by atoms with Crippen molar-refractivity contribution in [1.29, 1.82) is 0 Å². The third-order valence-corrected chi connectivity index (χ3v) is 7.10. The fourth-order valence-electron chi connectivity index (χ4n) is 3.56. The molecule has 4 rings (SSSR count). The summed E-state index contributed by atoms with van der Waals surface area (Å²) in [7, 11) is 0. The molecular formula is C27H23FINO4S. The SMILES string of the molecule is CCOc1cc(/C=C2\SC(=O)N(Cc3ccccc3C)C2=O)cc(I)c1OCc1ccc(F)cc1. The summed E-state index contributed by atoms with van der Waals surface area (Å²) in [6.07, 6.45) is 1.71. The number of hydrogen-bond acceptors (Lipinski definition) is 5. The van der Waals surface area contributed by atoms with Gasteiger partial charge in [-0.05, 0) is 101 Å². The van der Waals surface area contributed by atoms with Crippen LogP contribution in [-0.4, -0.2) is 22.7 Å². The molecule has 2 amide bonds. The van der Waals surface area contributed by atoms with Crippen LogP contribution in [0.1, 0.15) is 29.2 Å². The number of amides is 2. The Morgan fingerprint density at radius 3 is 2.51 bits per heavy atom. The van der Waals surface area contributed by atoms with Crippen LogP contribution in [0.2, 0.25) is 0 Å². The standard InChI is InChI=1S/C27H23FINO4S/c1-3-33-23-13-19(12-22(29)25(23)34-16-18-8-10-21(28)11-9-18)14-24-26(31)30(27(32)35-24)15-20-7-5-4-6-17(20)2/h4-14H,3,15-16H2,1-2H3/b24-14-. The molecule has 1 fully saturated rings. The van der Waals surface area contributed by atoms with Crippen LogP contribution in [-0.2, 0) is 17.9 Å². The van der Waals surface area contributed by atoms with Crippen molar-refractivity contribution in [2.45, 2.75) is 27.0 Å². The summed E-state index contributed by atoms with van der Waals surface area (Å²) in [6, 6.07) is 17.5. The summed E-state index contributed by atoms with van der Waals surface area (Å²) in [4.78, 5) is 27.2. The fraction of sp³-hybridized carbons (Fsp3) is 0.185. The van der Waals surface area contributed by atoms with Gasteiger partial charge in [-0.1, -0.05) is 36.4 Å². The van der Waals surface area contributed by atoms with Gasteiger partial charge in [-0.25, -0.2) is 4.39 Å². The highest BCUT2D eigenvalue weighted by atomic mass is 127. The van der Waals surface area contributed by atoms with Crippen LogP contribution in [0, 0.1) is 16.3 Å². The summed E-state index contributed by atoms with van der Waals surface area (Å²) in [5.41, 5.74) is 3.53. The van der Waals surface area contributed by atoms with Crippen LogP contribution in [0.3, 0.4) is 0 Å². The number of ether oxygens (including phenoxy) is 2. The lowest BCUT2D eigenvalue weighted by atomic mass is 10.1. The maximum Gasteiger partial charge on any atom is 0.293 e. The lowest BCUT2D eigenvalue weighted by Crippen LogP contribution is -2.27. The number of thioether (sulfide) groups is 1. The van der Waals surface area contributed by atoms with Gasteiger partial charge in [-0.2, -0.15) is 0 Å². The van der Waals surface area contributed by atoms with Crippen molar-refractivity contribution in [3.63, 3.8) is 0 Å². The molecule has 1 heterocycles. The molecule has 0 N–H and O–H groups in total. The first-order valence-corrected chi connectivity index (χ1v) is 12.9. The molecule has 180 valence electrons. The highest BCUT2D eigenvalue weighted by molar-refractivity contribution is 14.1. The Kier molecular flexibility index (Phi) is 8.12. The van der Waals surface area contributed by atoms with Crippen LogP contribution >= 0.6 is 34.4 Å². The first-order valence-electron chi connectivity index (χ1n) is 11.0. The van der Waals surface area contributed by atoms with Crippen LogP contribution < -0.4 is 9.47 Å². The van der Waals surface area contributed by atoms with Gasteiger partial charge in [0.05, 0.1) is 21.6 Å². The third kappa shape index (κ3) is 6.05. The molecule has 3 aromatic carbocycles. The Balaban J connectivity index is 1.55. The van der Waals surface area contributed by atoms with Crippen molar-refractivity contribution in [2.24, 2.45) is 0 Å². The van der Waals surface area contributed by atoms with Crippen LogP contribution in [0.15, 0.2) is 65.6 Å². The minimum atomic E-state index is -0.312. The van der Waals surface area contributed by atoms with E-state index in [-0.39, 0.29) is 30.1 Å². The highest BCUT2D eigenvalue weighted by Crippen LogP contribution is 2.38. The Bertz CT molecular complexity index is 1290. The first-order chi connectivity index (χ1) is 16.9. The molecule has 0 bridgehead atoms. The van der Waals surface area contributed by atoms with E-state index in [1.165, 1.54) is 17.0 Å². The van der Waals surface area contributed by atoms with Crippen molar-refractivity contribution in [1.82, 2.24) is 4.90 Å². The molecular weight excluding hydrogens is 580 g/mol. The lowest BCUT2D eigenvalue weighted by molar-refractivity contribution is -0.123. The second-order valence-corrected chi connectivity index (χ2v) is 10.0. The van der Waals surface area contributed by atoms with E-state index in [4.69, 9.17) is 9.47 Å². The van der Waals surface area contributed by atoms with Crippen LogP contribution in [0.4, 0.5) is 9.18 Å². The normalized spacial score (nSPS) is 14.6. The lowest BCUT2D eigenvalue weighted by Gasteiger charge is -2.15. The molecule has 8 heteroatoms. The highest BCUT2D eigenvalue weighted by Gasteiger charge is 2.35. The van der Waals surface area contributed by atoms with E-state index in [0.717, 1.165) is 37.6 Å². The summed E-state index contributed by atoms with van der Waals surface area (Å²) in [5, 5.41) is -0.288.